The summed E-state index contributed by atoms with van der Waals surface area (Å²) in [7, 11) is 3.58. The van der Waals surface area contributed by atoms with Crippen molar-refractivity contribution in [1.29, 1.82) is 0 Å². The van der Waals surface area contributed by atoms with E-state index in [0.717, 1.165) is 5.56 Å². The zero-order valence-electron chi connectivity index (χ0n) is 13.8. The summed E-state index contributed by atoms with van der Waals surface area (Å²) in [5, 5.41) is 8.36. The molecule has 1 amide bonds. The molecule has 0 bridgehead atoms. The Morgan fingerprint density at radius 1 is 1.21 bits per heavy atom. The number of nitrogens with zero attached hydrogens (tertiary/aromatic N) is 5. The number of carbonyl (C=O) groups excluding carboxylic acids is 1. The van der Waals surface area contributed by atoms with E-state index in [1.54, 1.807) is 45.8 Å². The van der Waals surface area contributed by atoms with Crippen LogP contribution < -0.4 is 0 Å². The highest BCUT2D eigenvalue weighted by atomic mass is 19.1. The van der Waals surface area contributed by atoms with Crippen LogP contribution in [0.1, 0.15) is 21.6 Å². The molecule has 0 N–H and O–H groups in total. The monoisotopic (exact) mass is 327 g/mol. The first-order chi connectivity index (χ1) is 11.5. The molecule has 2 heterocycles. The Hall–Kier alpha value is -2.96. The van der Waals surface area contributed by atoms with Crippen LogP contribution in [0.4, 0.5) is 4.39 Å². The van der Waals surface area contributed by atoms with Crippen molar-refractivity contribution in [3.8, 4) is 5.69 Å². The van der Waals surface area contributed by atoms with Crippen LogP contribution in [0.2, 0.25) is 0 Å². The molecule has 6 nitrogen and oxygen atoms in total. The topological polar surface area (TPSA) is 56.0 Å². The minimum atomic E-state index is -0.309. The number of benzene rings is 1. The summed E-state index contributed by atoms with van der Waals surface area (Å²) < 4.78 is 16.4. The van der Waals surface area contributed by atoms with Crippen LogP contribution in [-0.2, 0) is 13.6 Å². The molecule has 3 aromatic rings. The van der Waals surface area contributed by atoms with Gasteiger partial charge in [0.2, 0.25) is 0 Å². The fourth-order valence-electron chi connectivity index (χ4n) is 2.57. The van der Waals surface area contributed by atoms with E-state index < -0.39 is 0 Å². The van der Waals surface area contributed by atoms with Gasteiger partial charge < -0.3 is 4.90 Å². The van der Waals surface area contributed by atoms with Crippen molar-refractivity contribution in [1.82, 2.24) is 24.5 Å². The van der Waals surface area contributed by atoms with E-state index in [9.17, 15) is 9.18 Å². The molecule has 1 aromatic carbocycles. The third-order valence-corrected chi connectivity index (χ3v) is 3.84. The molecular formula is C17H18FN5O. The van der Waals surface area contributed by atoms with Gasteiger partial charge in [-0.2, -0.15) is 10.2 Å². The minimum absolute atomic E-state index is 0.121. The first-order valence-corrected chi connectivity index (χ1v) is 7.49. The first-order valence-electron chi connectivity index (χ1n) is 7.49. The van der Waals surface area contributed by atoms with Crippen LogP contribution in [0.15, 0.2) is 42.9 Å². The smallest absolute Gasteiger partial charge is 0.257 e. The van der Waals surface area contributed by atoms with Crippen LogP contribution >= 0.6 is 0 Å². The van der Waals surface area contributed by atoms with Gasteiger partial charge in [-0.3, -0.25) is 9.48 Å². The summed E-state index contributed by atoms with van der Waals surface area (Å²) in [4.78, 5) is 14.3. The molecule has 2 aromatic heterocycles. The molecule has 0 unspecified atom stereocenters. The zero-order valence-corrected chi connectivity index (χ0v) is 13.8. The molecule has 7 heteroatoms. The number of aromatic nitrogens is 4. The van der Waals surface area contributed by atoms with E-state index in [0.29, 0.717) is 23.5 Å². The van der Waals surface area contributed by atoms with E-state index in [1.807, 2.05) is 20.2 Å². The minimum Gasteiger partial charge on any atom is -0.337 e. The van der Waals surface area contributed by atoms with Gasteiger partial charge in [-0.15, -0.1) is 0 Å². The van der Waals surface area contributed by atoms with Gasteiger partial charge in [0.1, 0.15) is 5.82 Å². The highest BCUT2D eigenvalue weighted by Crippen LogP contribution is 2.17. The van der Waals surface area contributed by atoms with Gasteiger partial charge in [0.25, 0.3) is 5.91 Å². The standard InChI is InChI=1S/C17H18FN5O/c1-12-16(9-20-23(12)15-6-4-14(18)5-7-15)17(24)21(2)10-13-8-19-22(3)11-13/h4-9,11H,10H2,1-3H3. The predicted molar refractivity (Wildman–Crippen MR) is 87.3 cm³/mol. The molecule has 0 aliphatic heterocycles. The lowest BCUT2D eigenvalue weighted by Crippen LogP contribution is -2.26. The molecule has 0 saturated carbocycles. The van der Waals surface area contributed by atoms with E-state index in [1.165, 1.54) is 12.1 Å². The molecule has 0 aliphatic rings. The summed E-state index contributed by atoms with van der Waals surface area (Å²) >= 11 is 0. The molecular weight excluding hydrogens is 309 g/mol. The van der Waals surface area contributed by atoms with Gasteiger partial charge in [-0.1, -0.05) is 0 Å². The molecule has 0 aliphatic carbocycles. The summed E-state index contributed by atoms with van der Waals surface area (Å²) in [6.07, 6.45) is 5.15. The highest BCUT2D eigenvalue weighted by Gasteiger charge is 2.19. The average molecular weight is 327 g/mol. The van der Waals surface area contributed by atoms with Gasteiger partial charge in [0.15, 0.2) is 0 Å². The summed E-state index contributed by atoms with van der Waals surface area (Å²) in [6, 6.07) is 5.99. The Balaban J connectivity index is 1.81. The summed E-state index contributed by atoms with van der Waals surface area (Å²) in [5.74, 6) is -0.430. The predicted octanol–water partition coefficient (Wildman–Crippen LogP) is 2.33. The van der Waals surface area contributed by atoms with Gasteiger partial charge in [-0.25, -0.2) is 9.07 Å². The number of rotatable bonds is 4. The second-order valence-electron chi connectivity index (χ2n) is 5.72. The average Bonchev–Trinajstić information content (AvgIpc) is 3.13. The number of carbonyl (C=O) groups is 1. The van der Waals surface area contributed by atoms with Crippen LogP contribution in [-0.4, -0.2) is 37.4 Å². The van der Waals surface area contributed by atoms with Gasteiger partial charge in [-0.05, 0) is 31.2 Å². The Bertz CT molecular complexity index is 865. The van der Waals surface area contributed by atoms with Crippen LogP contribution in [0, 0.1) is 12.7 Å². The van der Waals surface area contributed by atoms with Crippen LogP contribution in [0.3, 0.4) is 0 Å². The molecule has 0 fully saturated rings. The number of hydrogen-bond donors (Lipinski definition) is 0. The Morgan fingerprint density at radius 2 is 1.92 bits per heavy atom. The van der Waals surface area contributed by atoms with E-state index in [4.69, 9.17) is 0 Å². The van der Waals surface area contributed by atoms with E-state index in [2.05, 4.69) is 10.2 Å². The third-order valence-electron chi connectivity index (χ3n) is 3.84. The second kappa shape index (κ2) is 6.27. The summed E-state index contributed by atoms with van der Waals surface area (Å²) in [6.45, 7) is 2.29. The molecule has 3 rings (SSSR count). The van der Waals surface area contributed by atoms with Gasteiger partial charge in [0, 0.05) is 32.4 Å². The SMILES string of the molecule is Cc1c(C(=O)N(C)Cc2cnn(C)c2)cnn1-c1ccc(F)cc1. The van der Waals surface area contributed by atoms with Crippen molar-refractivity contribution in [2.45, 2.75) is 13.5 Å². The van der Waals surface area contributed by atoms with Crippen molar-refractivity contribution in [2.24, 2.45) is 7.05 Å². The van der Waals surface area contributed by atoms with Crippen molar-refractivity contribution < 1.29 is 9.18 Å². The van der Waals surface area contributed by atoms with Crippen molar-refractivity contribution in [3.05, 3.63) is 65.5 Å². The second-order valence-corrected chi connectivity index (χ2v) is 5.72. The lowest BCUT2D eigenvalue weighted by Gasteiger charge is -2.16. The molecule has 0 spiro atoms. The van der Waals surface area contributed by atoms with E-state index >= 15 is 0 Å². The van der Waals surface area contributed by atoms with Crippen LogP contribution in [0.5, 0.6) is 0 Å². The van der Waals surface area contributed by atoms with Crippen molar-refractivity contribution >= 4 is 5.91 Å². The summed E-state index contributed by atoms with van der Waals surface area (Å²) in [5.41, 5.74) is 2.90. The molecule has 0 radical (unpaired) electrons. The third kappa shape index (κ3) is 3.05. The fourth-order valence-corrected chi connectivity index (χ4v) is 2.57. The highest BCUT2D eigenvalue weighted by molar-refractivity contribution is 5.95. The maximum absolute atomic E-state index is 13.1. The molecule has 124 valence electrons. The first kappa shape index (κ1) is 15.9. The van der Waals surface area contributed by atoms with Gasteiger partial charge >= 0.3 is 0 Å². The number of amides is 1. The Kier molecular flexibility index (Phi) is 4.16. The Labute approximate surface area is 139 Å². The molecule has 0 atom stereocenters. The largest absolute Gasteiger partial charge is 0.337 e. The Morgan fingerprint density at radius 3 is 2.54 bits per heavy atom. The van der Waals surface area contributed by atoms with Gasteiger partial charge in [0.05, 0.1) is 29.3 Å². The number of hydrogen-bond acceptors (Lipinski definition) is 3. The number of aryl methyl sites for hydroxylation is 1. The maximum atomic E-state index is 13.1. The fraction of sp³-hybridized carbons (Fsp3) is 0.235. The maximum Gasteiger partial charge on any atom is 0.257 e. The lowest BCUT2D eigenvalue weighted by molar-refractivity contribution is 0.0784. The molecule has 24 heavy (non-hydrogen) atoms. The zero-order chi connectivity index (χ0) is 17.3. The quantitative estimate of drug-likeness (QED) is 0.739. The molecule has 0 saturated heterocycles. The normalized spacial score (nSPS) is 10.8. The van der Waals surface area contributed by atoms with Crippen LogP contribution in [0.25, 0.3) is 5.69 Å². The lowest BCUT2D eigenvalue weighted by atomic mass is 10.2. The number of halogens is 1. The van der Waals surface area contributed by atoms with Crippen molar-refractivity contribution in [3.63, 3.8) is 0 Å². The van der Waals surface area contributed by atoms with Crippen molar-refractivity contribution in [2.75, 3.05) is 7.05 Å². The van der Waals surface area contributed by atoms with E-state index in [-0.39, 0.29) is 11.7 Å².